The van der Waals surface area contributed by atoms with E-state index in [1.165, 1.54) is 0 Å². The molecular formula is C19H21N3O4. The Kier molecular flexibility index (Phi) is 4.03. The van der Waals surface area contributed by atoms with Crippen LogP contribution in [0.15, 0.2) is 30.5 Å². The van der Waals surface area contributed by atoms with E-state index in [1.54, 1.807) is 12.1 Å². The minimum atomic E-state index is -0.775. The number of anilines is 1. The van der Waals surface area contributed by atoms with E-state index < -0.39 is 17.9 Å². The molecule has 0 spiro atoms. The van der Waals surface area contributed by atoms with Crippen molar-refractivity contribution in [2.24, 2.45) is 0 Å². The standard InChI is InChI=1S/C19H21N3O4/c1-3-26-13-9-21(10-13)12-5-6-14-15(8-12)19(25)22(18(14)24)16-7-4-11(2)20-17(16)23/h5-6,8,13,16H,2-4,7,9-10H2,1H3,(H,20,23). The van der Waals surface area contributed by atoms with Gasteiger partial charge in [-0.05, 0) is 38.0 Å². The number of benzene rings is 1. The van der Waals surface area contributed by atoms with Crippen LogP contribution < -0.4 is 10.2 Å². The smallest absolute Gasteiger partial charge is 0.262 e. The van der Waals surface area contributed by atoms with E-state index in [-0.39, 0.29) is 12.0 Å². The Balaban J connectivity index is 1.55. The topological polar surface area (TPSA) is 79.0 Å². The number of hydrogen-bond acceptors (Lipinski definition) is 5. The van der Waals surface area contributed by atoms with Crippen LogP contribution >= 0.6 is 0 Å². The molecule has 3 aliphatic rings. The molecule has 3 amide bonds. The molecule has 0 aromatic heterocycles. The molecule has 1 aromatic carbocycles. The van der Waals surface area contributed by atoms with Crippen molar-refractivity contribution >= 4 is 23.4 Å². The van der Waals surface area contributed by atoms with Gasteiger partial charge in [0, 0.05) is 31.1 Å². The van der Waals surface area contributed by atoms with Crippen molar-refractivity contribution in [3.8, 4) is 0 Å². The zero-order chi connectivity index (χ0) is 18.4. The summed E-state index contributed by atoms with van der Waals surface area (Å²) in [5, 5.41) is 2.64. The Labute approximate surface area is 151 Å². The Morgan fingerprint density at radius 3 is 2.62 bits per heavy atom. The molecule has 7 heteroatoms. The number of carbonyl (C=O) groups is 3. The molecule has 1 unspecified atom stereocenters. The molecule has 2 fully saturated rings. The van der Waals surface area contributed by atoms with Crippen LogP contribution in [0.1, 0.15) is 40.5 Å². The first-order chi connectivity index (χ1) is 12.5. The Morgan fingerprint density at radius 1 is 1.19 bits per heavy atom. The summed E-state index contributed by atoms with van der Waals surface area (Å²) in [6.07, 6.45) is 1.17. The average Bonchev–Trinajstić information content (AvgIpc) is 2.82. The summed E-state index contributed by atoms with van der Waals surface area (Å²) in [5.41, 5.74) is 2.23. The number of hydrogen-bond donors (Lipinski definition) is 1. The summed E-state index contributed by atoms with van der Waals surface area (Å²) < 4.78 is 5.55. The maximum absolute atomic E-state index is 12.8. The van der Waals surface area contributed by atoms with Gasteiger partial charge in [-0.3, -0.25) is 19.3 Å². The van der Waals surface area contributed by atoms with Crippen LogP contribution in [-0.4, -0.2) is 54.5 Å². The number of imide groups is 1. The molecule has 3 heterocycles. The maximum atomic E-state index is 12.8. The first kappa shape index (κ1) is 16.8. The lowest BCUT2D eigenvalue weighted by Gasteiger charge is -2.40. The molecule has 0 saturated carbocycles. The molecule has 136 valence electrons. The van der Waals surface area contributed by atoms with Gasteiger partial charge in [0.1, 0.15) is 6.04 Å². The molecule has 1 aromatic rings. The highest BCUT2D eigenvalue weighted by molar-refractivity contribution is 6.23. The summed E-state index contributed by atoms with van der Waals surface area (Å²) in [4.78, 5) is 41.0. The predicted molar refractivity (Wildman–Crippen MR) is 94.9 cm³/mol. The molecule has 0 aliphatic carbocycles. The number of carbonyl (C=O) groups excluding carboxylic acids is 3. The number of nitrogens with one attached hydrogen (secondary N) is 1. The fraction of sp³-hybridized carbons (Fsp3) is 0.421. The number of amides is 3. The fourth-order valence-corrected chi connectivity index (χ4v) is 3.73. The van der Waals surface area contributed by atoms with Gasteiger partial charge in [-0.2, -0.15) is 0 Å². The first-order valence-electron chi connectivity index (χ1n) is 8.86. The average molecular weight is 355 g/mol. The van der Waals surface area contributed by atoms with Crippen LogP contribution in [0.25, 0.3) is 0 Å². The van der Waals surface area contributed by atoms with Crippen molar-refractivity contribution in [1.29, 1.82) is 0 Å². The van der Waals surface area contributed by atoms with E-state index in [4.69, 9.17) is 4.74 Å². The van der Waals surface area contributed by atoms with E-state index in [1.807, 2.05) is 13.0 Å². The number of nitrogens with zero attached hydrogens (tertiary/aromatic N) is 2. The second-order valence-electron chi connectivity index (χ2n) is 6.84. The van der Waals surface area contributed by atoms with Crippen molar-refractivity contribution in [2.75, 3.05) is 24.6 Å². The van der Waals surface area contributed by atoms with Gasteiger partial charge in [0.25, 0.3) is 11.8 Å². The molecule has 1 N–H and O–H groups in total. The lowest BCUT2D eigenvalue weighted by molar-refractivity contribution is -0.125. The van der Waals surface area contributed by atoms with Crippen LogP contribution in [0.5, 0.6) is 0 Å². The van der Waals surface area contributed by atoms with Crippen molar-refractivity contribution in [3.05, 3.63) is 41.6 Å². The second kappa shape index (κ2) is 6.25. The summed E-state index contributed by atoms with van der Waals surface area (Å²) in [6.45, 7) is 7.92. The largest absolute Gasteiger partial charge is 0.375 e. The summed E-state index contributed by atoms with van der Waals surface area (Å²) in [7, 11) is 0. The van der Waals surface area contributed by atoms with E-state index in [9.17, 15) is 14.4 Å². The van der Waals surface area contributed by atoms with Gasteiger partial charge in [-0.1, -0.05) is 6.58 Å². The fourth-order valence-electron chi connectivity index (χ4n) is 3.73. The Morgan fingerprint density at radius 2 is 1.92 bits per heavy atom. The Hall–Kier alpha value is -2.67. The third kappa shape index (κ3) is 2.59. The van der Waals surface area contributed by atoms with Gasteiger partial charge in [0.05, 0.1) is 17.2 Å². The SMILES string of the molecule is C=C1CCC(N2C(=O)c3ccc(N4CC(OCC)C4)cc3C2=O)C(=O)N1. The number of fused-ring (bicyclic) bond motifs is 1. The van der Waals surface area contributed by atoms with Gasteiger partial charge in [-0.15, -0.1) is 0 Å². The number of rotatable bonds is 4. The summed E-state index contributed by atoms with van der Waals surface area (Å²) >= 11 is 0. The maximum Gasteiger partial charge on any atom is 0.262 e. The Bertz CT molecular complexity index is 813. The highest BCUT2D eigenvalue weighted by Gasteiger charge is 2.44. The predicted octanol–water partition coefficient (Wildman–Crippen LogP) is 1.30. The van der Waals surface area contributed by atoms with E-state index in [2.05, 4.69) is 16.8 Å². The quantitative estimate of drug-likeness (QED) is 0.824. The monoisotopic (exact) mass is 355 g/mol. The molecule has 0 radical (unpaired) electrons. The van der Waals surface area contributed by atoms with Crippen LogP contribution in [0.2, 0.25) is 0 Å². The van der Waals surface area contributed by atoms with Crippen LogP contribution in [-0.2, 0) is 9.53 Å². The zero-order valence-corrected chi connectivity index (χ0v) is 14.7. The number of ether oxygens (including phenoxy) is 1. The third-order valence-electron chi connectivity index (χ3n) is 5.15. The van der Waals surface area contributed by atoms with Crippen LogP contribution in [0, 0.1) is 0 Å². The van der Waals surface area contributed by atoms with Crippen molar-refractivity contribution in [3.63, 3.8) is 0 Å². The molecule has 4 rings (SSSR count). The first-order valence-corrected chi connectivity index (χ1v) is 8.86. The highest BCUT2D eigenvalue weighted by Crippen LogP contribution is 2.32. The lowest BCUT2D eigenvalue weighted by atomic mass is 10.0. The third-order valence-corrected chi connectivity index (χ3v) is 5.15. The van der Waals surface area contributed by atoms with Crippen molar-refractivity contribution in [1.82, 2.24) is 10.2 Å². The molecule has 2 saturated heterocycles. The zero-order valence-electron chi connectivity index (χ0n) is 14.7. The van der Waals surface area contributed by atoms with Crippen LogP contribution in [0.3, 0.4) is 0 Å². The highest BCUT2D eigenvalue weighted by atomic mass is 16.5. The van der Waals surface area contributed by atoms with Gasteiger partial charge in [-0.25, -0.2) is 0 Å². The molecule has 7 nitrogen and oxygen atoms in total. The molecule has 1 atom stereocenters. The van der Waals surface area contributed by atoms with E-state index in [0.717, 1.165) is 23.7 Å². The molecule has 26 heavy (non-hydrogen) atoms. The summed E-state index contributed by atoms with van der Waals surface area (Å²) in [5.74, 6) is -1.15. The van der Waals surface area contributed by atoms with Gasteiger partial charge in [0.15, 0.2) is 0 Å². The second-order valence-corrected chi connectivity index (χ2v) is 6.84. The number of allylic oxidation sites excluding steroid dienone is 1. The molecular weight excluding hydrogens is 334 g/mol. The van der Waals surface area contributed by atoms with E-state index in [0.29, 0.717) is 36.3 Å². The molecule has 3 aliphatic heterocycles. The van der Waals surface area contributed by atoms with Crippen molar-refractivity contribution < 1.29 is 19.1 Å². The van der Waals surface area contributed by atoms with Crippen molar-refractivity contribution in [2.45, 2.75) is 31.9 Å². The van der Waals surface area contributed by atoms with Gasteiger partial charge >= 0.3 is 0 Å². The van der Waals surface area contributed by atoms with Crippen LogP contribution in [0.4, 0.5) is 5.69 Å². The van der Waals surface area contributed by atoms with Gasteiger partial charge < -0.3 is 15.0 Å². The van der Waals surface area contributed by atoms with E-state index >= 15 is 0 Å². The summed E-state index contributed by atoms with van der Waals surface area (Å²) in [6, 6.07) is 4.50. The minimum absolute atomic E-state index is 0.209. The lowest BCUT2D eigenvalue weighted by Crippen LogP contribution is -2.52. The van der Waals surface area contributed by atoms with Gasteiger partial charge in [0.2, 0.25) is 5.91 Å². The normalized spacial score (nSPS) is 23.2. The number of piperidine rings is 1. The minimum Gasteiger partial charge on any atom is -0.375 e. The molecule has 0 bridgehead atoms.